The normalized spacial score (nSPS) is 1.50. The van der Waals surface area contributed by atoms with E-state index in [1.807, 2.05) is 0 Å². The molecule has 0 bridgehead atoms. The first kappa shape index (κ1) is 19.9. The second-order valence-electron chi connectivity index (χ2n) is 0. The molecule has 0 rings (SSSR count). The fourth-order valence-electron chi connectivity index (χ4n) is 0. The van der Waals surface area contributed by atoms with Gasteiger partial charge in [0.2, 0.25) is 0 Å². The second-order valence-corrected chi connectivity index (χ2v) is 0. The van der Waals surface area contributed by atoms with Gasteiger partial charge in [-0.3, -0.25) is 0 Å². The van der Waals surface area contributed by atoms with E-state index in [9.17, 15) is 0 Å². The summed E-state index contributed by atoms with van der Waals surface area (Å²) in [5.74, 6) is 0. The summed E-state index contributed by atoms with van der Waals surface area (Å²) < 4.78 is 0. The predicted molar refractivity (Wildman–Crippen MR) is 15.9 cm³/mol. The molecule has 0 aromatic rings. The molecule has 20 valence electrons. The van der Waals surface area contributed by atoms with Gasteiger partial charge < -0.3 is 5.11 Å². The van der Waals surface area contributed by atoms with Crippen LogP contribution in [0.15, 0.2) is 0 Å². The Kier molecular flexibility index (Phi) is 174. The first-order valence-corrected chi connectivity index (χ1v) is 0.408. The molecule has 0 radical (unpaired) electrons. The molecule has 0 N–H and O–H groups in total. The van der Waals surface area contributed by atoms with Gasteiger partial charge >= 0.3 is 29.6 Å². The zero-order valence-electron chi connectivity index (χ0n) is 2.41. The van der Waals surface area contributed by atoms with Crippen molar-refractivity contribution >= 4 is 8.41 Å². The molecule has 1 nitrogen and oxygen atoms in total. The molecule has 0 amide bonds. The van der Waals surface area contributed by atoms with E-state index in [-0.39, 0.29) is 38.0 Å². The van der Waals surface area contributed by atoms with Crippen LogP contribution < -0.4 is 34.7 Å². The third-order valence-electron chi connectivity index (χ3n) is 0. The van der Waals surface area contributed by atoms with Gasteiger partial charge in [-0.15, -0.1) is 0 Å². The van der Waals surface area contributed by atoms with E-state index in [4.69, 9.17) is 5.11 Å². The molecule has 0 fully saturated rings. The van der Waals surface area contributed by atoms with E-state index in [2.05, 4.69) is 0 Å². The van der Waals surface area contributed by atoms with Gasteiger partial charge in [-0.25, -0.2) is 0 Å². The molecule has 0 aromatic heterocycles. The van der Waals surface area contributed by atoms with Crippen LogP contribution in [0.3, 0.4) is 0 Å². The van der Waals surface area contributed by atoms with E-state index >= 15 is 0 Å². The Labute approximate surface area is 50.3 Å². The Morgan fingerprint density at radius 1 is 1.25 bits per heavy atom. The standard InChI is InChI=1S/CH3O.BH3.Na/c1-2;;/h1H3;1H3;/q-1;;+1. The monoisotopic (exact) mass is 68.0 g/mol. The van der Waals surface area contributed by atoms with Crippen LogP contribution in [0.25, 0.3) is 0 Å². The van der Waals surface area contributed by atoms with Crippen molar-refractivity contribution in [3.63, 3.8) is 0 Å². The fourth-order valence-corrected chi connectivity index (χ4v) is 0. The summed E-state index contributed by atoms with van der Waals surface area (Å²) in [4.78, 5) is 0. The predicted octanol–water partition coefficient (Wildman–Crippen LogP) is -5.20. The van der Waals surface area contributed by atoms with Crippen LogP contribution in [-0.2, 0) is 0 Å². The van der Waals surface area contributed by atoms with Crippen LogP contribution >= 0.6 is 0 Å². The fraction of sp³-hybridized carbons (Fsp3) is 1.00. The summed E-state index contributed by atoms with van der Waals surface area (Å²) in [6.07, 6.45) is 0. The Hall–Kier alpha value is 1.02. The van der Waals surface area contributed by atoms with Crippen molar-refractivity contribution in [1.29, 1.82) is 0 Å². The van der Waals surface area contributed by atoms with E-state index in [1.54, 1.807) is 0 Å². The third-order valence-corrected chi connectivity index (χ3v) is 0. The minimum absolute atomic E-state index is 0. The maximum absolute atomic E-state index is 8.25. The Morgan fingerprint density at radius 3 is 1.25 bits per heavy atom. The van der Waals surface area contributed by atoms with Crippen LogP contribution in [-0.4, -0.2) is 15.5 Å². The molecule has 0 atom stereocenters. The molecule has 0 aliphatic rings. The maximum atomic E-state index is 8.25. The first-order valence-electron chi connectivity index (χ1n) is 0.408. The first-order chi connectivity index (χ1) is 1.00. The Bertz CT molecular complexity index is 8.00. The van der Waals surface area contributed by atoms with E-state index in [0.717, 1.165) is 7.11 Å². The third kappa shape index (κ3) is 11.8. The van der Waals surface area contributed by atoms with Gasteiger partial charge in [0.15, 0.2) is 0 Å². The Balaban J connectivity index is -0.00000000500. The zero-order chi connectivity index (χ0) is 2.00. The van der Waals surface area contributed by atoms with E-state index in [1.165, 1.54) is 0 Å². The largest absolute Gasteiger partial charge is 1.00 e. The molecular formula is CH6BNaO. The van der Waals surface area contributed by atoms with Gasteiger partial charge in [-0.1, -0.05) is 0 Å². The topological polar surface area (TPSA) is 23.1 Å². The minimum atomic E-state index is 0. The molecule has 0 aliphatic carbocycles. The van der Waals surface area contributed by atoms with E-state index < -0.39 is 0 Å². The van der Waals surface area contributed by atoms with Crippen molar-refractivity contribution in [2.24, 2.45) is 0 Å². The van der Waals surface area contributed by atoms with Gasteiger partial charge in [0.05, 0.1) is 8.41 Å². The number of hydrogen-bond acceptors (Lipinski definition) is 1. The van der Waals surface area contributed by atoms with E-state index in [0.29, 0.717) is 0 Å². The molecule has 0 aromatic carbocycles. The second kappa shape index (κ2) is 35.1. The summed E-state index contributed by atoms with van der Waals surface area (Å²) in [6, 6.07) is 0. The van der Waals surface area contributed by atoms with Crippen LogP contribution in [0, 0.1) is 0 Å². The van der Waals surface area contributed by atoms with Crippen LogP contribution in [0.5, 0.6) is 0 Å². The van der Waals surface area contributed by atoms with Gasteiger partial charge in [0, 0.05) is 0 Å². The summed E-state index contributed by atoms with van der Waals surface area (Å²) in [5, 5.41) is 8.25. The molecular weight excluding hydrogens is 61.8 g/mol. The quantitative estimate of drug-likeness (QED) is 0.260. The number of rotatable bonds is 0. The summed E-state index contributed by atoms with van der Waals surface area (Å²) in [7, 11) is 0.750. The van der Waals surface area contributed by atoms with Gasteiger partial charge in [0.25, 0.3) is 0 Å². The zero-order valence-corrected chi connectivity index (χ0v) is 4.41. The van der Waals surface area contributed by atoms with Gasteiger partial charge in [-0.2, -0.15) is 7.11 Å². The maximum Gasteiger partial charge on any atom is 1.00 e. The minimum Gasteiger partial charge on any atom is -0.857 e. The molecule has 4 heavy (non-hydrogen) atoms. The average molecular weight is 67.9 g/mol. The van der Waals surface area contributed by atoms with Crippen molar-refractivity contribution < 1.29 is 34.7 Å². The molecule has 0 heterocycles. The molecule has 3 heteroatoms. The summed E-state index contributed by atoms with van der Waals surface area (Å²) in [5.41, 5.74) is 0. The van der Waals surface area contributed by atoms with Crippen molar-refractivity contribution in [1.82, 2.24) is 0 Å². The molecule has 0 saturated carbocycles. The van der Waals surface area contributed by atoms with Crippen LogP contribution in [0.4, 0.5) is 0 Å². The van der Waals surface area contributed by atoms with Gasteiger partial charge in [-0.05, 0) is 0 Å². The molecule has 0 unspecified atom stereocenters. The summed E-state index contributed by atoms with van der Waals surface area (Å²) in [6.45, 7) is 0. The summed E-state index contributed by atoms with van der Waals surface area (Å²) >= 11 is 0. The van der Waals surface area contributed by atoms with Crippen molar-refractivity contribution in [3.05, 3.63) is 0 Å². The van der Waals surface area contributed by atoms with Crippen molar-refractivity contribution in [2.75, 3.05) is 7.11 Å². The van der Waals surface area contributed by atoms with Crippen LogP contribution in [0.2, 0.25) is 0 Å². The average Bonchev–Trinajstić information content (AvgIpc) is 1.00. The molecule has 0 aliphatic heterocycles. The number of hydrogen-bond donors (Lipinski definition) is 0. The smallest absolute Gasteiger partial charge is 0.857 e. The molecule has 0 spiro atoms. The SMILES string of the molecule is B.C[O-].[Na+]. The Morgan fingerprint density at radius 2 is 1.25 bits per heavy atom. The van der Waals surface area contributed by atoms with Crippen LogP contribution in [0.1, 0.15) is 0 Å². The van der Waals surface area contributed by atoms with Crippen molar-refractivity contribution in [2.45, 2.75) is 0 Å². The van der Waals surface area contributed by atoms with Gasteiger partial charge in [0.1, 0.15) is 0 Å². The molecule has 0 saturated heterocycles. The van der Waals surface area contributed by atoms with Crippen molar-refractivity contribution in [3.8, 4) is 0 Å².